The van der Waals surface area contributed by atoms with Crippen molar-refractivity contribution in [1.82, 2.24) is 0 Å². The number of benzene rings is 1. The van der Waals surface area contributed by atoms with Crippen molar-refractivity contribution in [3.63, 3.8) is 0 Å². The summed E-state index contributed by atoms with van der Waals surface area (Å²) in [5.74, 6) is 2.97. The first-order valence-electron chi connectivity index (χ1n) is 5.11. The fourth-order valence-corrected chi connectivity index (χ4v) is 3.43. The van der Waals surface area contributed by atoms with E-state index in [0.717, 1.165) is 22.8 Å². The first-order valence-corrected chi connectivity index (χ1v) is 6.27. The van der Waals surface area contributed by atoms with E-state index in [1.54, 1.807) is 7.11 Å². The topological polar surface area (TPSA) is 29.5 Å². The van der Waals surface area contributed by atoms with Crippen molar-refractivity contribution in [2.24, 2.45) is 5.92 Å². The zero-order valence-electron chi connectivity index (χ0n) is 9.06. The molecule has 0 radical (unpaired) electrons. The molecular weight excluding hydrogens is 208 g/mol. The van der Waals surface area contributed by atoms with Crippen molar-refractivity contribution in [2.75, 3.05) is 18.6 Å². The lowest BCUT2D eigenvalue weighted by atomic mass is 9.85. The molecule has 0 amide bonds. The van der Waals surface area contributed by atoms with E-state index in [1.807, 2.05) is 36.0 Å². The summed E-state index contributed by atoms with van der Waals surface area (Å²) in [5, 5.41) is 10.5. The maximum Gasteiger partial charge on any atom is 0.118 e. The molecule has 1 aliphatic rings. The normalized spacial score (nSPS) is 30.5. The maximum absolute atomic E-state index is 10.5. The van der Waals surface area contributed by atoms with Crippen molar-refractivity contribution >= 4 is 11.8 Å². The number of hydrogen-bond acceptors (Lipinski definition) is 3. The van der Waals surface area contributed by atoms with Gasteiger partial charge in [-0.2, -0.15) is 11.8 Å². The van der Waals surface area contributed by atoms with Gasteiger partial charge in [-0.25, -0.2) is 0 Å². The third-order valence-electron chi connectivity index (χ3n) is 3.10. The van der Waals surface area contributed by atoms with E-state index in [-0.39, 0.29) is 0 Å². The van der Waals surface area contributed by atoms with Gasteiger partial charge in [0.15, 0.2) is 0 Å². The van der Waals surface area contributed by atoms with E-state index < -0.39 is 5.60 Å². The molecule has 1 aromatic rings. The van der Waals surface area contributed by atoms with Crippen LogP contribution in [0.25, 0.3) is 0 Å². The lowest BCUT2D eigenvalue weighted by molar-refractivity contribution is 0.0234. The molecule has 1 fully saturated rings. The molecule has 0 aromatic heterocycles. The van der Waals surface area contributed by atoms with Crippen LogP contribution in [0.15, 0.2) is 24.3 Å². The van der Waals surface area contributed by atoms with Gasteiger partial charge in [0.1, 0.15) is 11.4 Å². The van der Waals surface area contributed by atoms with Gasteiger partial charge in [0.25, 0.3) is 0 Å². The van der Waals surface area contributed by atoms with Gasteiger partial charge < -0.3 is 9.84 Å². The lowest BCUT2D eigenvalue weighted by Gasteiger charge is -2.27. The Kier molecular flexibility index (Phi) is 2.94. The molecule has 2 nitrogen and oxygen atoms in total. The van der Waals surface area contributed by atoms with E-state index in [1.165, 1.54) is 0 Å². The number of hydrogen-bond donors (Lipinski definition) is 1. The second kappa shape index (κ2) is 4.06. The molecular formula is C12H16O2S. The molecule has 3 heteroatoms. The minimum Gasteiger partial charge on any atom is -0.497 e. The first-order chi connectivity index (χ1) is 7.16. The first kappa shape index (κ1) is 10.8. The summed E-state index contributed by atoms with van der Waals surface area (Å²) in [6.07, 6.45) is 0. The Bertz CT molecular complexity index is 336. The third-order valence-corrected chi connectivity index (χ3v) is 4.48. The number of thioether (sulfide) groups is 1. The lowest BCUT2D eigenvalue weighted by Crippen LogP contribution is -2.32. The standard InChI is InChI=1S/C12H16O2S/c1-9-7-15-8-12(9,13)10-3-5-11(14-2)6-4-10/h3-6,9,13H,7-8H2,1-2H3. The van der Waals surface area contributed by atoms with Crippen LogP contribution in [-0.2, 0) is 5.60 Å². The van der Waals surface area contributed by atoms with Gasteiger partial charge >= 0.3 is 0 Å². The highest BCUT2D eigenvalue weighted by atomic mass is 32.2. The van der Waals surface area contributed by atoms with Gasteiger partial charge in [0, 0.05) is 5.75 Å². The molecule has 1 aromatic carbocycles. The van der Waals surface area contributed by atoms with E-state index in [4.69, 9.17) is 4.74 Å². The Balaban J connectivity index is 2.28. The average molecular weight is 224 g/mol. The van der Waals surface area contributed by atoms with Crippen molar-refractivity contribution in [2.45, 2.75) is 12.5 Å². The van der Waals surface area contributed by atoms with Crippen LogP contribution >= 0.6 is 11.8 Å². The third kappa shape index (κ3) is 1.86. The highest BCUT2D eigenvalue weighted by Crippen LogP contribution is 2.41. The largest absolute Gasteiger partial charge is 0.497 e. The van der Waals surface area contributed by atoms with Crippen LogP contribution < -0.4 is 4.74 Å². The fraction of sp³-hybridized carbons (Fsp3) is 0.500. The van der Waals surface area contributed by atoms with E-state index >= 15 is 0 Å². The summed E-state index contributed by atoms with van der Waals surface area (Å²) in [6.45, 7) is 2.10. The van der Waals surface area contributed by atoms with Crippen LogP contribution in [0.1, 0.15) is 12.5 Å². The molecule has 0 spiro atoms. The zero-order chi connectivity index (χ0) is 10.9. The second-order valence-corrected chi connectivity index (χ2v) is 5.10. The van der Waals surface area contributed by atoms with Crippen molar-refractivity contribution < 1.29 is 9.84 Å². The van der Waals surface area contributed by atoms with Crippen LogP contribution in [0.2, 0.25) is 0 Å². The minimum atomic E-state index is -0.656. The Morgan fingerprint density at radius 1 is 1.40 bits per heavy atom. The molecule has 2 rings (SSSR count). The van der Waals surface area contributed by atoms with E-state index in [2.05, 4.69) is 6.92 Å². The molecule has 15 heavy (non-hydrogen) atoms. The summed E-state index contributed by atoms with van der Waals surface area (Å²) in [6, 6.07) is 7.73. The van der Waals surface area contributed by atoms with Crippen LogP contribution in [0.5, 0.6) is 5.75 Å². The predicted octanol–water partition coefficient (Wildman–Crippen LogP) is 2.27. The predicted molar refractivity (Wildman–Crippen MR) is 63.4 cm³/mol. The summed E-state index contributed by atoms with van der Waals surface area (Å²) in [7, 11) is 1.65. The molecule has 1 N–H and O–H groups in total. The number of rotatable bonds is 2. The Morgan fingerprint density at radius 3 is 2.53 bits per heavy atom. The van der Waals surface area contributed by atoms with Crippen LogP contribution in [0, 0.1) is 5.92 Å². The van der Waals surface area contributed by atoms with E-state index in [9.17, 15) is 5.11 Å². The monoisotopic (exact) mass is 224 g/mol. The molecule has 0 saturated carbocycles. The molecule has 82 valence electrons. The highest BCUT2D eigenvalue weighted by Gasteiger charge is 2.40. The molecule has 2 unspecified atom stereocenters. The van der Waals surface area contributed by atoms with Crippen LogP contribution in [0.3, 0.4) is 0 Å². The maximum atomic E-state index is 10.5. The summed E-state index contributed by atoms with van der Waals surface area (Å²) in [4.78, 5) is 0. The Morgan fingerprint density at radius 2 is 2.07 bits per heavy atom. The molecule has 1 heterocycles. The van der Waals surface area contributed by atoms with Crippen molar-refractivity contribution in [3.05, 3.63) is 29.8 Å². The second-order valence-electron chi connectivity index (χ2n) is 4.07. The SMILES string of the molecule is COc1ccc(C2(O)CSCC2C)cc1. The van der Waals surface area contributed by atoms with Crippen LogP contribution in [-0.4, -0.2) is 23.7 Å². The Hall–Kier alpha value is -0.670. The summed E-state index contributed by atoms with van der Waals surface area (Å²) >= 11 is 1.81. The van der Waals surface area contributed by atoms with Gasteiger partial charge in [0.2, 0.25) is 0 Å². The molecule has 2 atom stereocenters. The molecule has 0 bridgehead atoms. The highest BCUT2D eigenvalue weighted by molar-refractivity contribution is 7.99. The summed E-state index contributed by atoms with van der Waals surface area (Å²) in [5.41, 5.74) is 0.345. The van der Waals surface area contributed by atoms with Gasteiger partial charge in [-0.15, -0.1) is 0 Å². The van der Waals surface area contributed by atoms with Gasteiger partial charge in [0.05, 0.1) is 7.11 Å². The van der Waals surface area contributed by atoms with Gasteiger partial charge in [-0.3, -0.25) is 0 Å². The average Bonchev–Trinajstić information content (AvgIpc) is 2.61. The van der Waals surface area contributed by atoms with Crippen molar-refractivity contribution in [1.29, 1.82) is 0 Å². The van der Waals surface area contributed by atoms with Crippen molar-refractivity contribution in [3.8, 4) is 5.75 Å². The minimum absolute atomic E-state index is 0.316. The molecule has 1 saturated heterocycles. The van der Waals surface area contributed by atoms with Gasteiger partial charge in [-0.05, 0) is 29.4 Å². The summed E-state index contributed by atoms with van der Waals surface area (Å²) < 4.78 is 5.10. The molecule has 0 aliphatic carbocycles. The fourth-order valence-electron chi connectivity index (χ4n) is 1.92. The number of methoxy groups -OCH3 is 1. The molecule has 1 aliphatic heterocycles. The zero-order valence-corrected chi connectivity index (χ0v) is 9.88. The van der Waals surface area contributed by atoms with Gasteiger partial charge in [-0.1, -0.05) is 19.1 Å². The quantitative estimate of drug-likeness (QED) is 0.835. The van der Waals surface area contributed by atoms with Crippen LogP contribution in [0.4, 0.5) is 0 Å². The number of aliphatic hydroxyl groups is 1. The smallest absolute Gasteiger partial charge is 0.118 e. The van der Waals surface area contributed by atoms with E-state index in [0.29, 0.717) is 5.92 Å². The Labute approximate surface area is 94.6 Å². The number of ether oxygens (including phenoxy) is 1.